The third-order valence-electron chi connectivity index (χ3n) is 1.07. The van der Waals surface area contributed by atoms with E-state index in [4.69, 9.17) is 0 Å². The van der Waals surface area contributed by atoms with Crippen LogP contribution < -0.4 is 10.7 Å². The average Bonchev–Trinajstić information content (AvgIpc) is 2.33. The third-order valence-corrected chi connectivity index (χ3v) is 2.80. The van der Waals surface area contributed by atoms with Gasteiger partial charge in [-0.3, -0.25) is 5.10 Å². The maximum absolute atomic E-state index is 3.87. The minimum atomic E-state index is 0.124. The van der Waals surface area contributed by atoms with Crippen molar-refractivity contribution in [3.05, 3.63) is 10.7 Å². The molecular weight excluding hydrogens is 229 g/mol. The fourth-order valence-electron chi connectivity index (χ4n) is 0.643. The molecule has 0 fully saturated rings. The molecule has 46 valence electrons. The number of halogens is 1. The maximum Gasteiger partial charge on any atom is 0.118 e. The number of nitrogens with one attached hydrogen (secondary N) is 1. The molecule has 2 heterocycles. The van der Waals surface area contributed by atoms with E-state index in [0.717, 1.165) is 10.7 Å². The van der Waals surface area contributed by atoms with Crippen molar-refractivity contribution in [2.24, 2.45) is 0 Å². The first-order valence-electron chi connectivity index (χ1n) is 2.49. The second-order valence-electron chi connectivity index (χ2n) is 1.64. The number of nitrogens with zero attached hydrogens (tertiary/aromatic N) is 2. The van der Waals surface area contributed by atoms with Crippen molar-refractivity contribution in [2.75, 3.05) is 0 Å². The van der Waals surface area contributed by atoms with Gasteiger partial charge in [-0.15, -0.1) is 5.10 Å². The quantitative estimate of drug-likeness (QED) is 0.590. The predicted octanol–water partition coefficient (Wildman–Crippen LogP) is -0.890. The van der Waals surface area contributed by atoms with Crippen LogP contribution in [-0.2, 0) is 0 Å². The summed E-state index contributed by atoms with van der Waals surface area (Å²) in [5, 5.41) is 12.4. The Morgan fingerprint density at radius 1 is 1.56 bits per heavy atom. The van der Waals surface area contributed by atoms with Crippen LogP contribution in [-0.4, -0.2) is 19.4 Å². The molecule has 0 aromatic carbocycles. The van der Waals surface area contributed by atoms with Gasteiger partial charge in [0, 0.05) is 4.08 Å². The standard InChI is InChI=1S/C5H4IN3/c1-2-6-3-5-4(1)7-9-8-5/h1-3H,(H,7,8,9). The van der Waals surface area contributed by atoms with Crippen LogP contribution in [0.1, 0.15) is 0 Å². The van der Waals surface area contributed by atoms with E-state index in [0.29, 0.717) is 0 Å². The van der Waals surface area contributed by atoms with Gasteiger partial charge in [-0.25, -0.2) is 0 Å². The Bertz CT molecular complexity index is 316. The highest BCUT2D eigenvalue weighted by Gasteiger charge is 1.88. The van der Waals surface area contributed by atoms with Crippen molar-refractivity contribution in [3.63, 3.8) is 0 Å². The molecule has 2 rings (SSSR count). The lowest BCUT2D eigenvalue weighted by Gasteiger charge is -1.78. The van der Waals surface area contributed by atoms with Crippen molar-refractivity contribution >= 4 is 34.9 Å². The van der Waals surface area contributed by atoms with Gasteiger partial charge in [-0.1, -0.05) is 25.9 Å². The number of fused-ring (bicyclic) bond motifs is 1. The summed E-state index contributed by atoms with van der Waals surface area (Å²) in [5.41, 5.74) is 0. The van der Waals surface area contributed by atoms with Crippen molar-refractivity contribution in [1.29, 1.82) is 0 Å². The van der Waals surface area contributed by atoms with Gasteiger partial charge in [-0.2, -0.15) is 0 Å². The minimum Gasteiger partial charge on any atom is -0.258 e. The van der Waals surface area contributed by atoms with Gasteiger partial charge in [0.15, 0.2) is 0 Å². The van der Waals surface area contributed by atoms with Crippen molar-refractivity contribution in [2.45, 2.75) is 0 Å². The Morgan fingerprint density at radius 3 is 3.44 bits per heavy atom. The number of aromatic amines is 1. The van der Waals surface area contributed by atoms with E-state index < -0.39 is 0 Å². The molecule has 0 spiro atoms. The van der Waals surface area contributed by atoms with Crippen molar-refractivity contribution in [1.82, 2.24) is 15.4 Å². The molecule has 1 aromatic heterocycles. The van der Waals surface area contributed by atoms with Crippen molar-refractivity contribution in [3.8, 4) is 0 Å². The normalized spacial score (nSPS) is 14.7. The summed E-state index contributed by atoms with van der Waals surface area (Å²) in [6.45, 7) is 0. The summed E-state index contributed by atoms with van der Waals surface area (Å²) in [5.74, 6) is 0. The smallest absolute Gasteiger partial charge is 0.118 e. The molecule has 1 aliphatic heterocycles. The fraction of sp³-hybridized carbons (Fsp3) is 0. The van der Waals surface area contributed by atoms with E-state index in [1.165, 1.54) is 0 Å². The predicted molar refractivity (Wildman–Crippen MR) is 44.6 cm³/mol. The highest BCUT2D eigenvalue weighted by atomic mass is 127. The highest BCUT2D eigenvalue weighted by Crippen LogP contribution is 1.95. The molecule has 0 aliphatic carbocycles. The van der Waals surface area contributed by atoms with Crippen molar-refractivity contribution < 1.29 is 0 Å². The van der Waals surface area contributed by atoms with Crippen LogP contribution in [0.2, 0.25) is 0 Å². The average molecular weight is 233 g/mol. The molecule has 1 aromatic rings. The summed E-state index contributed by atoms with van der Waals surface area (Å²) < 4.78 is 4.33. The highest BCUT2D eigenvalue weighted by molar-refractivity contribution is 14.2. The Morgan fingerprint density at radius 2 is 2.56 bits per heavy atom. The number of rotatable bonds is 0. The summed E-state index contributed by atoms with van der Waals surface area (Å²) in [4.78, 5) is 0. The zero-order valence-electron chi connectivity index (χ0n) is 4.50. The van der Waals surface area contributed by atoms with Gasteiger partial charge in [0.05, 0.1) is 5.35 Å². The topological polar surface area (TPSA) is 41.6 Å². The third kappa shape index (κ3) is 0.827. The van der Waals surface area contributed by atoms with E-state index in [-0.39, 0.29) is 20.7 Å². The van der Waals surface area contributed by atoms with Gasteiger partial charge < -0.3 is 0 Å². The van der Waals surface area contributed by atoms with Gasteiger partial charge >= 0.3 is 0 Å². The lowest BCUT2D eigenvalue weighted by atomic mass is 10.5. The number of hydrogen-bond acceptors (Lipinski definition) is 2. The van der Waals surface area contributed by atoms with Crippen LogP contribution in [0, 0.1) is 0 Å². The molecule has 0 atom stereocenters. The molecule has 1 aliphatic rings. The van der Waals surface area contributed by atoms with Crippen LogP contribution in [0.5, 0.6) is 0 Å². The molecule has 0 saturated heterocycles. The first-order chi connectivity index (χ1) is 4.47. The molecule has 0 unspecified atom stereocenters. The van der Waals surface area contributed by atoms with Crippen LogP contribution in [0.4, 0.5) is 0 Å². The van der Waals surface area contributed by atoms with Crippen LogP contribution in [0.25, 0.3) is 10.2 Å². The van der Waals surface area contributed by atoms with E-state index in [1.54, 1.807) is 0 Å². The summed E-state index contributed by atoms with van der Waals surface area (Å²) >= 11 is 0.124. The monoisotopic (exact) mass is 233 g/mol. The summed E-state index contributed by atoms with van der Waals surface area (Å²) in [6.07, 6.45) is 2.04. The van der Waals surface area contributed by atoms with Crippen LogP contribution in [0.3, 0.4) is 0 Å². The Kier molecular flexibility index (Phi) is 1.18. The minimum absolute atomic E-state index is 0.124. The number of H-pyrrole nitrogens is 1. The SMILES string of the molecule is C1=IC=c2nn[nH]c2=C1. The fourth-order valence-corrected chi connectivity index (χ4v) is 2.22. The Labute approximate surface area is 61.2 Å². The van der Waals surface area contributed by atoms with E-state index in [2.05, 4.69) is 23.5 Å². The first-order valence-corrected chi connectivity index (χ1v) is 4.99. The van der Waals surface area contributed by atoms with Gasteiger partial charge in [0.1, 0.15) is 5.35 Å². The first kappa shape index (κ1) is 5.28. The number of hydrogen-bond donors (Lipinski definition) is 1. The summed E-state index contributed by atoms with van der Waals surface area (Å²) in [6, 6.07) is 0. The summed E-state index contributed by atoms with van der Waals surface area (Å²) in [7, 11) is 0. The number of aromatic nitrogens is 3. The largest absolute Gasteiger partial charge is 0.258 e. The molecule has 3 nitrogen and oxygen atoms in total. The van der Waals surface area contributed by atoms with E-state index in [9.17, 15) is 0 Å². The molecule has 0 radical (unpaired) electrons. The molecular formula is C5H4IN3. The lowest BCUT2D eigenvalue weighted by Crippen LogP contribution is -2.24. The maximum atomic E-state index is 3.87. The second-order valence-corrected chi connectivity index (χ2v) is 3.70. The molecule has 9 heavy (non-hydrogen) atoms. The molecule has 1 N–H and O–H groups in total. The zero-order chi connectivity index (χ0) is 6.10. The Hall–Kier alpha value is -0.520. The molecule has 0 amide bonds. The van der Waals surface area contributed by atoms with E-state index >= 15 is 0 Å². The Balaban J connectivity index is 2.99. The van der Waals surface area contributed by atoms with Crippen LogP contribution in [0.15, 0.2) is 0 Å². The van der Waals surface area contributed by atoms with Gasteiger partial charge in [-0.05, 0) is 10.1 Å². The van der Waals surface area contributed by atoms with Gasteiger partial charge in [0.2, 0.25) is 0 Å². The van der Waals surface area contributed by atoms with Gasteiger partial charge in [0.25, 0.3) is 0 Å². The molecule has 0 bridgehead atoms. The molecule has 4 heteroatoms. The zero-order valence-corrected chi connectivity index (χ0v) is 6.66. The van der Waals surface area contributed by atoms with E-state index in [1.807, 2.05) is 6.08 Å². The lowest BCUT2D eigenvalue weighted by molar-refractivity contribution is 0.926. The second kappa shape index (κ2) is 2.02. The van der Waals surface area contributed by atoms with Crippen LogP contribution >= 0.6 is 20.7 Å². The molecule has 0 saturated carbocycles.